The van der Waals surface area contributed by atoms with E-state index in [0.29, 0.717) is 0 Å². The first-order valence-electron chi connectivity index (χ1n) is 6.41. The number of carbonyl (C=O) groups is 1. The van der Waals surface area contributed by atoms with Gasteiger partial charge in [0.15, 0.2) is 0 Å². The van der Waals surface area contributed by atoms with E-state index >= 15 is 0 Å². The molecule has 0 spiro atoms. The van der Waals surface area contributed by atoms with E-state index in [9.17, 15) is 4.79 Å². The number of carbonyl (C=O) groups excluding carboxylic acids is 1. The van der Waals surface area contributed by atoms with E-state index in [-0.39, 0.29) is 11.9 Å². The Bertz CT molecular complexity index is 433. The summed E-state index contributed by atoms with van der Waals surface area (Å²) in [7, 11) is 1.62. The van der Waals surface area contributed by atoms with Crippen molar-refractivity contribution < 1.29 is 9.53 Å². The number of likely N-dealkylation sites (N-methyl/N-ethyl adjacent to an activating group) is 1. The van der Waals surface area contributed by atoms with Crippen molar-refractivity contribution in [2.24, 2.45) is 0 Å². The average Bonchev–Trinajstić information content (AvgIpc) is 2.39. The van der Waals surface area contributed by atoms with Crippen molar-refractivity contribution in [3.8, 4) is 5.75 Å². The number of nitrogens with zero attached hydrogens (tertiary/aromatic N) is 1. The second-order valence-corrected chi connectivity index (χ2v) is 5.17. The van der Waals surface area contributed by atoms with Crippen LogP contribution in [0, 0.1) is 0 Å². The lowest BCUT2D eigenvalue weighted by molar-refractivity contribution is -0.131. The zero-order chi connectivity index (χ0) is 14.4. The molecule has 0 saturated heterocycles. The molecule has 1 N–H and O–H groups in total. The highest BCUT2D eigenvalue weighted by Crippen LogP contribution is 2.25. The van der Waals surface area contributed by atoms with Crippen LogP contribution >= 0.6 is 15.9 Å². The third kappa shape index (κ3) is 4.42. The molecule has 0 radical (unpaired) electrons. The van der Waals surface area contributed by atoms with Crippen molar-refractivity contribution in [2.75, 3.05) is 25.5 Å². The van der Waals surface area contributed by atoms with Crippen LogP contribution in [0.2, 0.25) is 0 Å². The van der Waals surface area contributed by atoms with Gasteiger partial charge in [-0.3, -0.25) is 4.79 Å². The number of hydrogen-bond donors (Lipinski definition) is 1. The molecular weight excluding hydrogens is 308 g/mol. The van der Waals surface area contributed by atoms with Gasteiger partial charge in [0.1, 0.15) is 11.8 Å². The van der Waals surface area contributed by atoms with Crippen molar-refractivity contribution in [2.45, 2.75) is 26.8 Å². The van der Waals surface area contributed by atoms with Gasteiger partial charge >= 0.3 is 0 Å². The van der Waals surface area contributed by atoms with Gasteiger partial charge in [-0.15, -0.1) is 0 Å². The smallest absolute Gasteiger partial charge is 0.244 e. The first-order chi connectivity index (χ1) is 9.01. The predicted molar refractivity (Wildman–Crippen MR) is 81.7 cm³/mol. The van der Waals surface area contributed by atoms with Crippen LogP contribution < -0.4 is 10.1 Å². The third-order valence-electron chi connectivity index (χ3n) is 2.94. The Kier molecular flexibility index (Phi) is 6.15. The van der Waals surface area contributed by atoms with Crippen LogP contribution in [0.25, 0.3) is 0 Å². The quantitative estimate of drug-likeness (QED) is 0.872. The van der Waals surface area contributed by atoms with Crippen LogP contribution in [0.5, 0.6) is 5.75 Å². The van der Waals surface area contributed by atoms with E-state index in [1.54, 1.807) is 7.11 Å². The monoisotopic (exact) mass is 328 g/mol. The van der Waals surface area contributed by atoms with Crippen LogP contribution in [0.4, 0.5) is 5.69 Å². The lowest BCUT2D eigenvalue weighted by atomic mass is 10.2. The highest BCUT2D eigenvalue weighted by Gasteiger charge is 2.18. The summed E-state index contributed by atoms with van der Waals surface area (Å²) in [6.45, 7) is 7.28. The summed E-state index contributed by atoms with van der Waals surface area (Å²) < 4.78 is 6.12. The van der Waals surface area contributed by atoms with Gasteiger partial charge in [0, 0.05) is 29.3 Å². The summed E-state index contributed by atoms with van der Waals surface area (Å²) in [6.07, 6.45) is 0. The van der Waals surface area contributed by atoms with Crippen LogP contribution in [0.1, 0.15) is 20.8 Å². The fourth-order valence-corrected chi connectivity index (χ4v) is 2.36. The second-order valence-electron chi connectivity index (χ2n) is 4.26. The average molecular weight is 329 g/mol. The maximum Gasteiger partial charge on any atom is 0.244 e. The maximum absolute atomic E-state index is 12.2. The van der Waals surface area contributed by atoms with Gasteiger partial charge in [0.2, 0.25) is 5.91 Å². The molecule has 0 aliphatic heterocycles. The Morgan fingerprint density at radius 1 is 1.37 bits per heavy atom. The highest BCUT2D eigenvalue weighted by atomic mass is 79.9. The lowest BCUT2D eigenvalue weighted by Crippen LogP contribution is -2.41. The summed E-state index contributed by atoms with van der Waals surface area (Å²) in [4.78, 5) is 14.0. The van der Waals surface area contributed by atoms with Crippen LogP contribution in [-0.4, -0.2) is 37.0 Å². The summed E-state index contributed by atoms with van der Waals surface area (Å²) in [5, 5.41) is 3.21. The first-order valence-corrected chi connectivity index (χ1v) is 7.21. The van der Waals surface area contributed by atoms with Gasteiger partial charge in [-0.2, -0.15) is 0 Å². The molecule has 1 unspecified atom stereocenters. The minimum atomic E-state index is -0.265. The molecule has 0 heterocycles. The standard InChI is InChI=1S/C14H21BrN2O2/c1-5-17(6-2)14(18)10(3)16-12-7-11(15)8-13(9-12)19-4/h7-10,16H,5-6H2,1-4H3. The molecule has 0 fully saturated rings. The molecule has 1 aromatic carbocycles. The third-order valence-corrected chi connectivity index (χ3v) is 3.39. The zero-order valence-electron chi connectivity index (χ0n) is 11.9. The molecule has 0 aliphatic carbocycles. The van der Waals surface area contributed by atoms with Gasteiger partial charge in [-0.1, -0.05) is 15.9 Å². The molecule has 0 bridgehead atoms. The minimum absolute atomic E-state index is 0.101. The number of halogens is 1. The van der Waals surface area contributed by atoms with Crippen LogP contribution in [0.3, 0.4) is 0 Å². The van der Waals surface area contributed by atoms with Crippen molar-refractivity contribution >= 4 is 27.5 Å². The first kappa shape index (κ1) is 15.8. The highest BCUT2D eigenvalue weighted by molar-refractivity contribution is 9.10. The largest absolute Gasteiger partial charge is 0.497 e. The topological polar surface area (TPSA) is 41.6 Å². The summed E-state index contributed by atoms with van der Waals surface area (Å²) in [6, 6.07) is 5.41. The molecule has 5 heteroatoms. The number of methoxy groups -OCH3 is 1. The number of hydrogen-bond acceptors (Lipinski definition) is 3. The van der Waals surface area contributed by atoms with E-state index in [2.05, 4.69) is 21.2 Å². The Labute approximate surface area is 123 Å². The normalized spacial score (nSPS) is 11.8. The molecule has 0 saturated carbocycles. The predicted octanol–water partition coefficient (Wildman–Crippen LogP) is 3.13. The number of benzene rings is 1. The molecule has 0 aliphatic rings. The van der Waals surface area contributed by atoms with Gasteiger partial charge in [-0.05, 0) is 32.9 Å². The van der Waals surface area contributed by atoms with Gasteiger partial charge < -0.3 is 15.0 Å². The second kappa shape index (κ2) is 7.38. The van der Waals surface area contributed by atoms with Gasteiger partial charge in [0.05, 0.1) is 7.11 Å². The van der Waals surface area contributed by atoms with E-state index in [4.69, 9.17) is 4.74 Å². The van der Waals surface area contributed by atoms with E-state index < -0.39 is 0 Å². The zero-order valence-corrected chi connectivity index (χ0v) is 13.5. The lowest BCUT2D eigenvalue weighted by Gasteiger charge is -2.24. The van der Waals surface area contributed by atoms with E-state index in [1.165, 1.54) is 0 Å². The Hall–Kier alpha value is -1.23. The van der Waals surface area contributed by atoms with Gasteiger partial charge in [0.25, 0.3) is 0 Å². The number of ether oxygens (including phenoxy) is 1. The van der Waals surface area contributed by atoms with Crippen LogP contribution in [0.15, 0.2) is 22.7 Å². The summed E-state index contributed by atoms with van der Waals surface area (Å²) in [5.41, 5.74) is 0.860. The molecule has 1 rings (SSSR count). The molecule has 1 atom stereocenters. The molecule has 106 valence electrons. The number of anilines is 1. The van der Waals surface area contributed by atoms with Crippen molar-refractivity contribution in [3.63, 3.8) is 0 Å². The van der Waals surface area contributed by atoms with Crippen molar-refractivity contribution in [1.29, 1.82) is 0 Å². The Balaban J connectivity index is 2.78. The Morgan fingerprint density at radius 3 is 2.53 bits per heavy atom. The van der Waals surface area contributed by atoms with Crippen molar-refractivity contribution in [3.05, 3.63) is 22.7 Å². The molecular formula is C14H21BrN2O2. The minimum Gasteiger partial charge on any atom is -0.497 e. The van der Waals surface area contributed by atoms with Gasteiger partial charge in [-0.25, -0.2) is 0 Å². The maximum atomic E-state index is 12.2. The fourth-order valence-electron chi connectivity index (χ4n) is 1.88. The van der Waals surface area contributed by atoms with E-state index in [0.717, 1.165) is 29.0 Å². The van der Waals surface area contributed by atoms with Crippen LogP contribution in [-0.2, 0) is 4.79 Å². The SMILES string of the molecule is CCN(CC)C(=O)C(C)Nc1cc(Br)cc(OC)c1. The number of rotatable bonds is 6. The molecule has 1 aromatic rings. The number of amides is 1. The summed E-state index contributed by atoms with van der Waals surface area (Å²) in [5.74, 6) is 0.850. The number of nitrogens with one attached hydrogen (secondary N) is 1. The molecule has 19 heavy (non-hydrogen) atoms. The molecule has 4 nitrogen and oxygen atoms in total. The fraction of sp³-hybridized carbons (Fsp3) is 0.500. The molecule has 1 amide bonds. The molecule has 0 aromatic heterocycles. The Morgan fingerprint density at radius 2 is 2.00 bits per heavy atom. The van der Waals surface area contributed by atoms with E-state index in [1.807, 2.05) is 43.9 Å². The van der Waals surface area contributed by atoms with Crippen molar-refractivity contribution in [1.82, 2.24) is 4.90 Å². The summed E-state index contributed by atoms with van der Waals surface area (Å²) >= 11 is 3.42.